The fourth-order valence-corrected chi connectivity index (χ4v) is 3.41. The van der Waals surface area contributed by atoms with Gasteiger partial charge in [0.05, 0.1) is 14.6 Å². The minimum absolute atomic E-state index is 0.0190. The average molecular weight is 231 g/mol. The lowest BCUT2D eigenvalue weighted by molar-refractivity contribution is 0.500. The molecular formula is C9H11ClN2OS. The van der Waals surface area contributed by atoms with Crippen molar-refractivity contribution in [3.05, 3.63) is 23.5 Å². The second-order valence-corrected chi connectivity index (χ2v) is 6.20. The first-order valence-electron chi connectivity index (χ1n) is 4.50. The van der Waals surface area contributed by atoms with Gasteiger partial charge in [-0.3, -0.25) is 0 Å². The van der Waals surface area contributed by atoms with Gasteiger partial charge in [-0.25, -0.2) is 14.0 Å². The molecule has 0 saturated heterocycles. The first kappa shape index (κ1) is 9.93. The number of aromatic nitrogens is 1. The van der Waals surface area contributed by atoms with Crippen molar-refractivity contribution < 1.29 is 4.21 Å². The minimum atomic E-state index is -2.64. The number of nitrogens with one attached hydrogen (secondary N) is 1. The average Bonchev–Trinajstić information content (AvgIpc) is 2.00. The number of halogens is 1. The van der Waals surface area contributed by atoms with Gasteiger partial charge in [0.2, 0.25) is 0 Å². The maximum Gasteiger partial charge on any atom is 0.129 e. The second kappa shape index (κ2) is 3.51. The molecule has 2 rings (SSSR count). The van der Waals surface area contributed by atoms with Crippen LogP contribution >= 0.6 is 11.6 Å². The Morgan fingerprint density at radius 3 is 2.64 bits per heavy atom. The van der Waals surface area contributed by atoms with Crippen LogP contribution in [0.4, 0.5) is 0 Å². The zero-order chi connectivity index (χ0) is 10.2. The van der Waals surface area contributed by atoms with Crippen molar-refractivity contribution in [2.45, 2.75) is 29.4 Å². The van der Waals surface area contributed by atoms with Gasteiger partial charge >= 0.3 is 0 Å². The Kier molecular flexibility index (Phi) is 2.49. The highest BCUT2D eigenvalue weighted by Crippen LogP contribution is 2.31. The molecule has 0 spiro atoms. The molecule has 1 fully saturated rings. The molecule has 1 unspecified atom stereocenters. The fourth-order valence-electron chi connectivity index (χ4n) is 1.44. The van der Waals surface area contributed by atoms with Crippen molar-refractivity contribution in [3.63, 3.8) is 0 Å². The van der Waals surface area contributed by atoms with Gasteiger partial charge in [-0.15, -0.1) is 0 Å². The molecule has 3 nitrogen and oxygen atoms in total. The number of hydrogen-bond donors (Lipinski definition) is 1. The van der Waals surface area contributed by atoms with E-state index in [-0.39, 0.29) is 5.25 Å². The van der Waals surface area contributed by atoms with Crippen LogP contribution in [-0.4, -0.2) is 14.4 Å². The van der Waals surface area contributed by atoms with Gasteiger partial charge in [0, 0.05) is 11.4 Å². The fraction of sp³-hybridized carbons (Fsp3) is 0.444. The third kappa shape index (κ3) is 1.64. The molecule has 1 saturated carbocycles. The summed E-state index contributed by atoms with van der Waals surface area (Å²) in [6, 6.07) is 3.23. The van der Waals surface area contributed by atoms with Crippen molar-refractivity contribution in [2.75, 3.05) is 0 Å². The summed E-state index contributed by atoms with van der Waals surface area (Å²) in [5.41, 5.74) is 0. The molecule has 1 aliphatic rings. The molecule has 1 heterocycles. The Labute approximate surface area is 88.5 Å². The van der Waals surface area contributed by atoms with Crippen LogP contribution < -0.4 is 0 Å². The van der Waals surface area contributed by atoms with Crippen molar-refractivity contribution >= 4 is 21.3 Å². The van der Waals surface area contributed by atoms with Crippen molar-refractivity contribution in [3.8, 4) is 0 Å². The van der Waals surface area contributed by atoms with Crippen molar-refractivity contribution in [2.24, 2.45) is 0 Å². The molecule has 1 aliphatic carbocycles. The lowest BCUT2D eigenvalue weighted by Gasteiger charge is -2.27. The Bertz CT molecular complexity index is 423. The highest BCUT2D eigenvalue weighted by atomic mass is 35.5. The normalized spacial score (nSPS) is 21.2. The highest BCUT2D eigenvalue weighted by Gasteiger charge is 2.29. The SMILES string of the molecule is N=S(=O)(c1ccc(Cl)nc1)C1CCC1. The summed E-state index contributed by atoms with van der Waals surface area (Å²) < 4.78 is 19.9. The van der Waals surface area contributed by atoms with Gasteiger partial charge < -0.3 is 0 Å². The van der Waals surface area contributed by atoms with Crippen LogP contribution in [0.1, 0.15) is 19.3 Å². The number of rotatable bonds is 2. The highest BCUT2D eigenvalue weighted by molar-refractivity contribution is 7.93. The van der Waals surface area contributed by atoms with Gasteiger partial charge in [0.1, 0.15) is 5.15 Å². The Morgan fingerprint density at radius 1 is 1.50 bits per heavy atom. The maximum absolute atomic E-state index is 12.1. The molecule has 5 heteroatoms. The monoisotopic (exact) mass is 230 g/mol. The number of nitrogens with zero attached hydrogens (tertiary/aromatic N) is 1. The third-order valence-corrected chi connectivity index (χ3v) is 5.15. The lowest BCUT2D eigenvalue weighted by atomic mass is 10.00. The summed E-state index contributed by atoms with van der Waals surface area (Å²) in [6.45, 7) is 0. The molecular weight excluding hydrogens is 220 g/mol. The Morgan fingerprint density at radius 2 is 2.21 bits per heavy atom. The maximum atomic E-state index is 12.1. The molecule has 1 atom stereocenters. The van der Waals surface area contributed by atoms with E-state index < -0.39 is 9.73 Å². The summed E-state index contributed by atoms with van der Waals surface area (Å²) in [5, 5.41) is 0.392. The summed E-state index contributed by atoms with van der Waals surface area (Å²) >= 11 is 5.62. The summed E-state index contributed by atoms with van der Waals surface area (Å²) in [5.74, 6) is 0. The van der Waals surface area contributed by atoms with Gasteiger partial charge in [-0.05, 0) is 25.0 Å². The van der Waals surface area contributed by atoms with Crippen LogP contribution in [0, 0.1) is 4.78 Å². The summed E-state index contributed by atoms with van der Waals surface area (Å²) in [4.78, 5) is 4.36. The molecule has 0 aromatic carbocycles. The topological polar surface area (TPSA) is 53.8 Å². The van der Waals surface area contributed by atoms with Gasteiger partial charge in [-0.2, -0.15) is 0 Å². The smallest absolute Gasteiger partial charge is 0.129 e. The van der Waals surface area contributed by atoms with Crippen LogP contribution in [0.3, 0.4) is 0 Å². The predicted octanol–water partition coefficient (Wildman–Crippen LogP) is 2.69. The summed E-state index contributed by atoms with van der Waals surface area (Å²) in [6.07, 6.45) is 4.33. The van der Waals surface area contributed by atoms with Crippen LogP contribution in [0.2, 0.25) is 5.15 Å². The molecule has 0 amide bonds. The first-order chi connectivity index (χ1) is 6.60. The summed E-state index contributed by atoms with van der Waals surface area (Å²) in [7, 11) is -2.64. The van der Waals surface area contributed by atoms with E-state index in [9.17, 15) is 4.21 Å². The van der Waals surface area contributed by atoms with Crippen molar-refractivity contribution in [1.82, 2.24) is 4.98 Å². The van der Waals surface area contributed by atoms with Crippen LogP contribution in [0.25, 0.3) is 0 Å². The number of pyridine rings is 1. The molecule has 1 aromatic rings. The molecule has 0 aliphatic heterocycles. The zero-order valence-corrected chi connectivity index (χ0v) is 9.14. The molecule has 14 heavy (non-hydrogen) atoms. The van der Waals surface area contributed by atoms with E-state index >= 15 is 0 Å². The van der Waals surface area contributed by atoms with Crippen LogP contribution in [0.5, 0.6) is 0 Å². The van der Waals surface area contributed by atoms with E-state index in [0.717, 1.165) is 19.3 Å². The molecule has 1 N–H and O–H groups in total. The van der Waals surface area contributed by atoms with E-state index in [1.54, 1.807) is 12.1 Å². The van der Waals surface area contributed by atoms with Gasteiger partial charge in [0.25, 0.3) is 0 Å². The Hall–Kier alpha value is -0.610. The quantitative estimate of drug-likeness (QED) is 0.795. The van der Waals surface area contributed by atoms with Gasteiger partial charge in [0.15, 0.2) is 0 Å². The van der Waals surface area contributed by atoms with Crippen LogP contribution in [-0.2, 0) is 9.73 Å². The lowest BCUT2D eigenvalue weighted by Crippen LogP contribution is -2.27. The third-order valence-electron chi connectivity index (χ3n) is 2.57. The zero-order valence-electron chi connectivity index (χ0n) is 7.57. The van der Waals surface area contributed by atoms with E-state index in [2.05, 4.69) is 4.98 Å². The molecule has 0 bridgehead atoms. The standard InChI is InChI=1S/C9H11ClN2OS/c10-9-5-4-8(6-12-9)14(11,13)7-2-1-3-7/h4-7,11H,1-3H2. The largest absolute Gasteiger partial charge is 0.249 e. The second-order valence-electron chi connectivity index (χ2n) is 3.47. The van der Waals surface area contributed by atoms with Gasteiger partial charge in [-0.1, -0.05) is 18.0 Å². The van der Waals surface area contributed by atoms with Crippen molar-refractivity contribution in [1.29, 1.82) is 4.78 Å². The van der Waals surface area contributed by atoms with E-state index in [1.807, 2.05) is 0 Å². The first-order valence-corrected chi connectivity index (χ1v) is 6.50. The van der Waals surface area contributed by atoms with E-state index in [1.165, 1.54) is 6.20 Å². The van der Waals surface area contributed by atoms with E-state index in [0.29, 0.717) is 10.0 Å². The predicted molar refractivity (Wildman–Crippen MR) is 56.0 cm³/mol. The molecule has 76 valence electrons. The number of hydrogen-bond acceptors (Lipinski definition) is 3. The Balaban J connectivity index is 2.34. The van der Waals surface area contributed by atoms with E-state index in [4.69, 9.17) is 16.4 Å². The molecule has 0 radical (unpaired) electrons. The minimum Gasteiger partial charge on any atom is -0.249 e. The van der Waals surface area contributed by atoms with Crippen LogP contribution in [0.15, 0.2) is 23.2 Å². The molecule has 1 aromatic heterocycles.